The van der Waals surface area contributed by atoms with E-state index in [1.165, 1.54) is 10.6 Å². The van der Waals surface area contributed by atoms with Crippen molar-refractivity contribution in [2.45, 2.75) is 41.5 Å². The molecule has 0 amide bonds. The second-order valence-electron chi connectivity index (χ2n) is 5.63. The van der Waals surface area contributed by atoms with Gasteiger partial charge >= 0.3 is 0 Å². The highest BCUT2D eigenvalue weighted by atomic mass is 31.1. The molecule has 0 aromatic rings. The average molecular weight is 195 g/mol. The molecule has 0 saturated carbocycles. The molecule has 1 rings (SSSR count). The van der Waals surface area contributed by atoms with Gasteiger partial charge in [-0.15, -0.1) is 0 Å². The van der Waals surface area contributed by atoms with Crippen LogP contribution in [-0.2, 0) is 0 Å². The SMILES string of the molecule is CC(C)(C)C1=C(C(C)(C)C)P1C#N. The number of rotatable bonds is 0. The van der Waals surface area contributed by atoms with Gasteiger partial charge in [-0.2, -0.15) is 5.26 Å². The van der Waals surface area contributed by atoms with Crippen molar-refractivity contribution in [3.8, 4) is 5.81 Å². The third kappa shape index (κ3) is 1.94. The van der Waals surface area contributed by atoms with Crippen LogP contribution >= 0.6 is 7.92 Å². The zero-order valence-electron chi connectivity index (χ0n) is 9.39. The lowest BCUT2D eigenvalue weighted by Gasteiger charge is -2.15. The molecule has 0 atom stereocenters. The van der Waals surface area contributed by atoms with Gasteiger partial charge in [0.15, 0.2) is 0 Å². The highest BCUT2D eigenvalue weighted by molar-refractivity contribution is 7.78. The molecule has 2 heteroatoms. The molecule has 1 nitrogen and oxygen atoms in total. The Morgan fingerprint density at radius 1 is 0.923 bits per heavy atom. The number of nitriles is 1. The summed E-state index contributed by atoms with van der Waals surface area (Å²) in [4.78, 5) is 0. The number of hydrogen-bond donors (Lipinski definition) is 0. The van der Waals surface area contributed by atoms with Gasteiger partial charge < -0.3 is 0 Å². The summed E-state index contributed by atoms with van der Waals surface area (Å²) < 4.78 is 0. The van der Waals surface area contributed by atoms with Crippen molar-refractivity contribution >= 4 is 7.92 Å². The molecule has 0 radical (unpaired) electrons. The molecule has 0 unspecified atom stereocenters. The van der Waals surface area contributed by atoms with E-state index < -0.39 is 7.92 Å². The lowest BCUT2D eigenvalue weighted by Crippen LogP contribution is -2.04. The van der Waals surface area contributed by atoms with Crippen LogP contribution in [-0.4, -0.2) is 0 Å². The maximum Gasteiger partial charge on any atom is 0.0964 e. The van der Waals surface area contributed by atoms with Crippen LogP contribution in [0.3, 0.4) is 0 Å². The molecule has 1 heterocycles. The van der Waals surface area contributed by atoms with Crippen molar-refractivity contribution in [1.82, 2.24) is 0 Å². The first-order valence-electron chi connectivity index (χ1n) is 4.64. The Morgan fingerprint density at radius 3 is 1.31 bits per heavy atom. The van der Waals surface area contributed by atoms with Crippen molar-refractivity contribution in [3.05, 3.63) is 10.6 Å². The van der Waals surface area contributed by atoms with Gasteiger partial charge in [-0.25, -0.2) is 0 Å². The topological polar surface area (TPSA) is 23.8 Å². The van der Waals surface area contributed by atoms with Gasteiger partial charge in [0, 0.05) is 0 Å². The van der Waals surface area contributed by atoms with E-state index in [1.807, 2.05) is 0 Å². The fourth-order valence-electron chi connectivity index (χ4n) is 1.65. The summed E-state index contributed by atoms with van der Waals surface area (Å²) in [6, 6.07) is 0. The molecule has 0 saturated heterocycles. The maximum absolute atomic E-state index is 9.01. The monoisotopic (exact) mass is 195 g/mol. The zero-order valence-corrected chi connectivity index (χ0v) is 10.3. The fraction of sp³-hybridized carbons (Fsp3) is 0.727. The summed E-state index contributed by atoms with van der Waals surface area (Å²) >= 11 is 0. The molecule has 0 spiro atoms. The third-order valence-electron chi connectivity index (χ3n) is 2.14. The molecule has 0 aromatic heterocycles. The average Bonchev–Trinajstić information content (AvgIpc) is 2.56. The summed E-state index contributed by atoms with van der Waals surface area (Å²) in [5.74, 6) is 2.44. The molecular formula is C11H18NP. The van der Waals surface area contributed by atoms with Crippen LogP contribution in [0.15, 0.2) is 10.6 Å². The van der Waals surface area contributed by atoms with Crippen molar-refractivity contribution in [3.63, 3.8) is 0 Å². The molecule has 0 aromatic carbocycles. The first-order valence-corrected chi connectivity index (χ1v) is 5.99. The van der Waals surface area contributed by atoms with Crippen molar-refractivity contribution in [2.24, 2.45) is 10.8 Å². The Kier molecular flexibility index (Phi) is 2.33. The fourth-order valence-corrected chi connectivity index (χ4v) is 4.34. The predicted octanol–water partition coefficient (Wildman–Crippen LogP) is 4.27. The van der Waals surface area contributed by atoms with Crippen LogP contribution in [0.5, 0.6) is 0 Å². The Hall–Kier alpha value is -0.340. The van der Waals surface area contributed by atoms with Crippen molar-refractivity contribution in [1.29, 1.82) is 5.26 Å². The first-order chi connectivity index (χ1) is 5.69. The molecule has 1 aliphatic rings. The summed E-state index contributed by atoms with van der Waals surface area (Å²) in [5.41, 5.74) is 0.397. The van der Waals surface area contributed by atoms with E-state index in [0.717, 1.165) is 0 Å². The van der Waals surface area contributed by atoms with E-state index in [4.69, 9.17) is 5.26 Å². The Labute approximate surface area is 82.6 Å². The third-order valence-corrected chi connectivity index (χ3v) is 4.80. The van der Waals surface area contributed by atoms with Gasteiger partial charge in [-0.1, -0.05) is 41.5 Å². The summed E-state index contributed by atoms with van der Waals surface area (Å²) in [7, 11) is -0.512. The molecule has 0 bridgehead atoms. The molecule has 72 valence electrons. The highest BCUT2D eigenvalue weighted by Gasteiger charge is 2.48. The summed E-state index contributed by atoms with van der Waals surface area (Å²) in [6.45, 7) is 13.2. The largest absolute Gasteiger partial charge is 0.193 e. The Morgan fingerprint density at radius 2 is 1.23 bits per heavy atom. The van der Waals surface area contributed by atoms with Crippen LogP contribution in [0.25, 0.3) is 0 Å². The molecule has 0 aliphatic carbocycles. The summed E-state index contributed by atoms with van der Waals surface area (Å²) in [5, 5.41) is 11.9. The van der Waals surface area contributed by atoms with E-state index in [1.54, 1.807) is 0 Å². The molecular weight excluding hydrogens is 177 g/mol. The lowest BCUT2D eigenvalue weighted by molar-refractivity contribution is 0.502. The number of nitrogens with zero attached hydrogens (tertiary/aromatic N) is 1. The van der Waals surface area contributed by atoms with Gasteiger partial charge in [-0.3, -0.25) is 0 Å². The summed E-state index contributed by atoms with van der Waals surface area (Å²) in [6.07, 6.45) is 0. The molecule has 0 N–H and O–H groups in total. The maximum atomic E-state index is 9.01. The van der Waals surface area contributed by atoms with Crippen molar-refractivity contribution in [2.75, 3.05) is 0 Å². The minimum atomic E-state index is -0.512. The van der Waals surface area contributed by atoms with E-state index in [-0.39, 0.29) is 10.8 Å². The molecule has 1 aliphatic heterocycles. The lowest BCUT2D eigenvalue weighted by atomic mass is 9.89. The van der Waals surface area contributed by atoms with Gasteiger partial charge in [0.25, 0.3) is 0 Å². The quantitative estimate of drug-likeness (QED) is 0.529. The second kappa shape index (κ2) is 2.82. The van der Waals surface area contributed by atoms with Crippen LogP contribution in [0.2, 0.25) is 0 Å². The zero-order chi connectivity index (χ0) is 10.4. The minimum Gasteiger partial charge on any atom is -0.193 e. The molecule has 13 heavy (non-hydrogen) atoms. The predicted molar refractivity (Wildman–Crippen MR) is 58.5 cm³/mol. The van der Waals surface area contributed by atoms with Crippen LogP contribution in [0.1, 0.15) is 41.5 Å². The normalized spacial score (nSPS) is 18.8. The van der Waals surface area contributed by atoms with E-state index in [9.17, 15) is 0 Å². The van der Waals surface area contributed by atoms with E-state index >= 15 is 0 Å². The highest BCUT2D eigenvalue weighted by Crippen LogP contribution is 2.78. The minimum absolute atomic E-state index is 0.198. The van der Waals surface area contributed by atoms with E-state index in [0.29, 0.717) is 0 Å². The van der Waals surface area contributed by atoms with Crippen molar-refractivity contribution < 1.29 is 0 Å². The van der Waals surface area contributed by atoms with Gasteiger partial charge in [0.05, 0.1) is 13.7 Å². The van der Waals surface area contributed by atoms with Crippen LogP contribution in [0, 0.1) is 21.9 Å². The standard InChI is InChI=1S/C11H18NP/c1-10(2,3)8-9(11(4,5)6)13(8)7-12/h1-6H3. The Balaban J connectivity index is 2.99. The molecule has 0 fully saturated rings. The number of allylic oxidation sites excluding steroid dienone is 2. The smallest absolute Gasteiger partial charge is 0.0964 e. The first kappa shape index (κ1) is 10.7. The van der Waals surface area contributed by atoms with Gasteiger partial charge in [0.1, 0.15) is 0 Å². The second-order valence-corrected chi connectivity index (χ2v) is 7.40. The van der Waals surface area contributed by atoms with Crippen LogP contribution in [0.4, 0.5) is 0 Å². The van der Waals surface area contributed by atoms with Gasteiger partial charge in [0.2, 0.25) is 0 Å². The van der Waals surface area contributed by atoms with Crippen LogP contribution < -0.4 is 0 Å². The van der Waals surface area contributed by atoms with E-state index in [2.05, 4.69) is 47.4 Å². The Bertz CT molecular complexity index is 270. The van der Waals surface area contributed by atoms with Gasteiger partial charge in [-0.05, 0) is 21.5 Å². The number of hydrogen-bond acceptors (Lipinski definition) is 1.